The smallest absolute Gasteiger partial charge is 0.290 e. The van der Waals surface area contributed by atoms with Crippen LogP contribution in [0.4, 0.5) is 5.69 Å². The monoisotopic (exact) mass is 384 g/mol. The fraction of sp³-hybridized carbons (Fsp3) is 0.105. The van der Waals surface area contributed by atoms with Gasteiger partial charge in [0.15, 0.2) is 0 Å². The zero-order chi connectivity index (χ0) is 18.5. The third kappa shape index (κ3) is 4.28. The molecule has 132 valence electrons. The topological polar surface area (TPSA) is 80.4 Å². The molecule has 2 aromatic carbocycles. The summed E-state index contributed by atoms with van der Waals surface area (Å²) in [5.41, 5.74) is 10.9. The third-order valence-electron chi connectivity index (χ3n) is 3.76. The van der Waals surface area contributed by atoms with Gasteiger partial charge in [-0.2, -0.15) is 4.99 Å². The van der Waals surface area contributed by atoms with Gasteiger partial charge in [0, 0.05) is 22.8 Å². The lowest BCUT2D eigenvalue weighted by Crippen LogP contribution is -2.18. The molecule has 1 amide bonds. The number of benzene rings is 2. The van der Waals surface area contributed by atoms with Gasteiger partial charge in [-0.15, -0.1) is 11.3 Å². The maximum atomic E-state index is 12.3. The highest BCUT2D eigenvalue weighted by atomic mass is 35.5. The molecule has 0 atom stereocenters. The highest BCUT2D eigenvalue weighted by molar-refractivity contribution is 7.11. The second kappa shape index (κ2) is 8.12. The maximum Gasteiger partial charge on any atom is 0.290 e. The van der Waals surface area contributed by atoms with Crippen LogP contribution in [0.2, 0.25) is 5.02 Å². The molecule has 3 rings (SSSR count). The van der Waals surface area contributed by atoms with Gasteiger partial charge in [0.2, 0.25) is 0 Å². The molecule has 0 aliphatic heterocycles. The maximum absolute atomic E-state index is 12.3. The van der Waals surface area contributed by atoms with E-state index in [1.165, 1.54) is 11.3 Å². The van der Waals surface area contributed by atoms with E-state index < -0.39 is 0 Å². The Morgan fingerprint density at radius 3 is 2.65 bits per heavy atom. The largest absolute Gasteiger partial charge is 0.383 e. The van der Waals surface area contributed by atoms with Gasteiger partial charge < -0.3 is 11.1 Å². The van der Waals surface area contributed by atoms with Crippen LogP contribution in [0.1, 0.15) is 26.5 Å². The Bertz CT molecular complexity index is 950. The first-order chi connectivity index (χ1) is 12.5. The third-order valence-corrected chi connectivity index (χ3v) is 4.93. The molecule has 7 heteroatoms. The van der Waals surface area contributed by atoms with Crippen molar-refractivity contribution < 1.29 is 4.79 Å². The standard InChI is InChI=1S/C19H17ClN4OS/c1-12-17(26-11-23-12)19(25)24-18(21)15-4-2-3-5-16(15)22-10-13-6-8-14(20)9-7-13/h2-9,11,22H,10H2,1H3,(H2,21,24,25). The number of anilines is 1. The first kappa shape index (κ1) is 18.1. The summed E-state index contributed by atoms with van der Waals surface area (Å²) in [6.07, 6.45) is 0. The van der Waals surface area contributed by atoms with Crippen molar-refractivity contribution in [3.63, 3.8) is 0 Å². The molecule has 0 spiro atoms. The van der Waals surface area contributed by atoms with Crippen molar-refractivity contribution in [2.45, 2.75) is 13.5 Å². The van der Waals surface area contributed by atoms with Gasteiger partial charge in [-0.05, 0) is 36.8 Å². The number of nitrogens with zero attached hydrogens (tertiary/aromatic N) is 2. The van der Waals surface area contributed by atoms with Crippen LogP contribution in [0.3, 0.4) is 0 Å². The molecule has 5 nitrogen and oxygen atoms in total. The van der Waals surface area contributed by atoms with Crippen LogP contribution in [0.5, 0.6) is 0 Å². The van der Waals surface area contributed by atoms with Crippen LogP contribution in [0, 0.1) is 6.92 Å². The summed E-state index contributed by atoms with van der Waals surface area (Å²) in [6, 6.07) is 15.1. The fourth-order valence-electron chi connectivity index (χ4n) is 2.39. The highest BCUT2D eigenvalue weighted by Crippen LogP contribution is 2.18. The van der Waals surface area contributed by atoms with E-state index in [1.54, 1.807) is 12.4 Å². The zero-order valence-electron chi connectivity index (χ0n) is 14.1. The van der Waals surface area contributed by atoms with Crippen molar-refractivity contribution in [1.82, 2.24) is 4.98 Å². The van der Waals surface area contributed by atoms with E-state index in [4.69, 9.17) is 17.3 Å². The average molecular weight is 385 g/mol. The molecule has 0 aliphatic rings. The summed E-state index contributed by atoms with van der Waals surface area (Å²) in [4.78, 5) is 20.9. The molecule has 3 N–H and O–H groups in total. The summed E-state index contributed by atoms with van der Waals surface area (Å²) < 4.78 is 0. The lowest BCUT2D eigenvalue weighted by Gasteiger charge is -2.11. The number of aryl methyl sites for hydroxylation is 1. The first-order valence-electron chi connectivity index (χ1n) is 7.91. The number of aliphatic imine (C=N–C) groups is 1. The summed E-state index contributed by atoms with van der Waals surface area (Å²) in [7, 11) is 0. The molecule has 0 fully saturated rings. The molecular weight excluding hydrogens is 368 g/mol. The van der Waals surface area contributed by atoms with Crippen LogP contribution >= 0.6 is 22.9 Å². The quantitative estimate of drug-likeness (QED) is 0.508. The van der Waals surface area contributed by atoms with Crippen LogP contribution < -0.4 is 11.1 Å². The lowest BCUT2D eigenvalue weighted by atomic mass is 10.1. The molecule has 0 unspecified atom stereocenters. The van der Waals surface area contributed by atoms with E-state index in [-0.39, 0.29) is 11.7 Å². The van der Waals surface area contributed by atoms with Crippen molar-refractivity contribution in [3.05, 3.63) is 80.8 Å². The normalized spacial score (nSPS) is 11.4. The molecule has 0 radical (unpaired) electrons. The van der Waals surface area contributed by atoms with Crippen molar-refractivity contribution in [1.29, 1.82) is 0 Å². The zero-order valence-corrected chi connectivity index (χ0v) is 15.6. The van der Waals surface area contributed by atoms with E-state index >= 15 is 0 Å². The molecule has 1 aromatic heterocycles. The first-order valence-corrected chi connectivity index (χ1v) is 9.16. The van der Waals surface area contributed by atoms with Gasteiger partial charge in [-0.3, -0.25) is 4.79 Å². The van der Waals surface area contributed by atoms with Gasteiger partial charge in [0.25, 0.3) is 5.91 Å². The predicted molar refractivity (Wildman–Crippen MR) is 107 cm³/mol. The van der Waals surface area contributed by atoms with Crippen LogP contribution in [-0.4, -0.2) is 16.7 Å². The number of carbonyl (C=O) groups is 1. The molecule has 0 saturated heterocycles. The summed E-state index contributed by atoms with van der Waals surface area (Å²) in [5, 5.41) is 4.02. The van der Waals surface area contributed by atoms with Crippen molar-refractivity contribution in [3.8, 4) is 0 Å². The van der Waals surface area contributed by atoms with E-state index in [2.05, 4.69) is 15.3 Å². The molecule has 3 aromatic rings. The van der Waals surface area contributed by atoms with Gasteiger partial charge >= 0.3 is 0 Å². The van der Waals surface area contributed by atoms with E-state index in [1.807, 2.05) is 48.5 Å². The van der Waals surface area contributed by atoms with Crippen LogP contribution in [-0.2, 0) is 6.54 Å². The number of carbonyl (C=O) groups excluding carboxylic acids is 1. The van der Waals surface area contributed by atoms with E-state index in [0.717, 1.165) is 11.3 Å². The summed E-state index contributed by atoms with van der Waals surface area (Å²) >= 11 is 7.17. The molecule has 0 bridgehead atoms. The van der Waals surface area contributed by atoms with Crippen molar-refractivity contribution in [2.75, 3.05) is 5.32 Å². The SMILES string of the molecule is Cc1ncsc1C(=O)N=C(N)c1ccccc1NCc1ccc(Cl)cc1. The molecular formula is C19H17ClN4OS. The van der Waals surface area contributed by atoms with Crippen LogP contribution in [0.15, 0.2) is 59.0 Å². The Morgan fingerprint density at radius 2 is 1.96 bits per heavy atom. The van der Waals surface area contributed by atoms with Gasteiger partial charge in [-0.1, -0.05) is 35.9 Å². The number of nitrogens with one attached hydrogen (secondary N) is 1. The number of amidine groups is 1. The number of hydrogen-bond acceptors (Lipinski definition) is 4. The Morgan fingerprint density at radius 1 is 1.23 bits per heavy atom. The van der Waals surface area contributed by atoms with E-state index in [0.29, 0.717) is 27.7 Å². The summed E-state index contributed by atoms with van der Waals surface area (Å²) in [6.45, 7) is 2.38. The fourth-order valence-corrected chi connectivity index (χ4v) is 3.20. The lowest BCUT2D eigenvalue weighted by molar-refractivity contribution is 0.101. The Labute approximate surface area is 160 Å². The number of amides is 1. The number of nitrogens with two attached hydrogens (primary N) is 1. The second-order valence-electron chi connectivity index (χ2n) is 5.59. The minimum absolute atomic E-state index is 0.169. The second-order valence-corrected chi connectivity index (χ2v) is 6.89. The molecule has 0 saturated carbocycles. The Kier molecular flexibility index (Phi) is 5.65. The predicted octanol–water partition coefficient (Wildman–Crippen LogP) is 4.26. The van der Waals surface area contributed by atoms with Crippen molar-refractivity contribution >= 4 is 40.4 Å². The van der Waals surface area contributed by atoms with E-state index in [9.17, 15) is 4.79 Å². The molecule has 1 heterocycles. The Balaban J connectivity index is 1.79. The van der Waals surface area contributed by atoms with Gasteiger partial charge in [0.1, 0.15) is 10.7 Å². The minimum Gasteiger partial charge on any atom is -0.383 e. The Hall–Kier alpha value is -2.70. The van der Waals surface area contributed by atoms with Gasteiger partial charge in [-0.25, -0.2) is 4.98 Å². The number of thiazole rings is 1. The summed E-state index contributed by atoms with van der Waals surface area (Å²) in [5.74, 6) is -0.211. The highest BCUT2D eigenvalue weighted by Gasteiger charge is 2.13. The minimum atomic E-state index is -0.380. The molecule has 0 aliphatic carbocycles. The number of para-hydroxylation sites is 1. The molecule has 26 heavy (non-hydrogen) atoms. The number of halogens is 1. The van der Waals surface area contributed by atoms with Crippen molar-refractivity contribution in [2.24, 2.45) is 10.7 Å². The average Bonchev–Trinajstić information content (AvgIpc) is 3.07. The number of hydrogen-bond donors (Lipinski definition) is 2. The number of aromatic nitrogens is 1. The van der Waals surface area contributed by atoms with Crippen LogP contribution in [0.25, 0.3) is 0 Å². The van der Waals surface area contributed by atoms with Gasteiger partial charge in [0.05, 0.1) is 11.2 Å². The number of rotatable bonds is 5.